The largest absolute Gasteiger partial charge is 0.478 e. The monoisotopic (exact) mass is 320 g/mol. The van der Waals surface area contributed by atoms with Crippen molar-refractivity contribution in [1.82, 2.24) is 4.57 Å². The van der Waals surface area contributed by atoms with Crippen molar-refractivity contribution < 1.29 is 9.90 Å². The SMILES string of the molecule is Cc1ccc2c(c1-n1c(C)c(C(=O)O)c3ccccc31)CCCN2. The molecule has 0 fully saturated rings. The minimum Gasteiger partial charge on any atom is -0.478 e. The third-order valence-electron chi connectivity index (χ3n) is 4.95. The summed E-state index contributed by atoms with van der Waals surface area (Å²) in [4.78, 5) is 11.8. The number of para-hydroxylation sites is 1. The molecule has 4 rings (SSSR count). The van der Waals surface area contributed by atoms with Crippen molar-refractivity contribution in [2.24, 2.45) is 0 Å². The molecule has 0 spiro atoms. The van der Waals surface area contributed by atoms with Crippen LogP contribution in [-0.4, -0.2) is 22.2 Å². The van der Waals surface area contributed by atoms with Crippen LogP contribution in [0.15, 0.2) is 36.4 Å². The molecule has 4 nitrogen and oxygen atoms in total. The highest BCUT2D eigenvalue weighted by atomic mass is 16.4. The Kier molecular flexibility index (Phi) is 3.34. The molecule has 1 aliphatic rings. The summed E-state index contributed by atoms with van der Waals surface area (Å²) in [5.74, 6) is -0.872. The number of hydrogen-bond donors (Lipinski definition) is 2. The molecule has 4 heteroatoms. The topological polar surface area (TPSA) is 54.3 Å². The molecule has 0 atom stereocenters. The Morgan fingerprint density at radius 3 is 2.75 bits per heavy atom. The van der Waals surface area contributed by atoms with Gasteiger partial charge in [0.2, 0.25) is 0 Å². The van der Waals surface area contributed by atoms with Crippen molar-refractivity contribution in [2.45, 2.75) is 26.7 Å². The molecule has 0 aliphatic carbocycles. The number of benzene rings is 2. The quantitative estimate of drug-likeness (QED) is 0.740. The van der Waals surface area contributed by atoms with Gasteiger partial charge in [-0.05, 0) is 49.9 Å². The number of nitrogens with zero attached hydrogens (tertiary/aromatic N) is 1. The first-order valence-corrected chi connectivity index (χ1v) is 8.29. The zero-order valence-electron chi connectivity index (χ0n) is 13.9. The third-order valence-corrected chi connectivity index (χ3v) is 4.95. The van der Waals surface area contributed by atoms with E-state index in [0.717, 1.165) is 47.4 Å². The lowest BCUT2D eigenvalue weighted by molar-refractivity contribution is 0.0698. The van der Waals surface area contributed by atoms with E-state index in [1.807, 2.05) is 31.2 Å². The predicted molar refractivity (Wildman–Crippen MR) is 96.5 cm³/mol. The van der Waals surface area contributed by atoms with Crippen LogP contribution in [-0.2, 0) is 6.42 Å². The average molecular weight is 320 g/mol. The third kappa shape index (κ3) is 2.03. The van der Waals surface area contributed by atoms with E-state index in [2.05, 4.69) is 28.9 Å². The molecule has 0 amide bonds. The fourth-order valence-electron chi connectivity index (χ4n) is 3.90. The van der Waals surface area contributed by atoms with Crippen LogP contribution in [0, 0.1) is 13.8 Å². The van der Waals surface area contributed by atoms with Crippen LogP contribution in [0.1, 0.15) is 33.6 Å². The first-order valence-electron chi connectivity index (χ1n) is 8.29. The van der Waals surface area contributed by atoms with Crippen LogP contribution in [0.5, 0.6) is 0 Å². The zero-order valence-corrected chi connectivity index (χ0v) is 13.9. The summed E-state index contributed by atoms with van der Waals surface area (Å²) in [6, 6.07) is 12.0. The van der Waals surface area contributed by atoms with Crippen molar-refractivity contribution >= 4 is 22.6 Å². The van der Waals surface area contributed by atoms with Crippen molar-refractivity contribution in [3.05, 3.63) is 58.8 Å². The second-order valence-corrected chi connectivity index (χ2v) is 6.41. The number of anilines is 1. The lowest BCUT2D eigenvalue weighted by Crippen LogP contribution is -2.15. The molecule has 2 N–H and O–H groups in total. The number of carbonyl (C=O) groups is 1. The van der Waals surface area contributed by atoms with Gasteiger partial charge in [-0.1, -0.05) is 24.3 Å². The van der Waals surface area contributed by atoms with E-state index in [4.69, 9.17) is 0 Å². The van der Waals surface area contributed by atoms with E-state index in [-0.39, 0.29) is 0 Å². The highest BCUT2D eigenvalue weighted by Crippen LogP contribution is 2.36. The van der Waals surface area contributed by atoms with E-state index in [1.165, 1.54) is 11.1 Å². The number of carboxylic acids is 1. The van der Waals surface area contributed by atoms with Gasteiger partial charge in [-0.15, -0.1) is 0 Å². The minimum atomic E-state index is -0.872. The molecule has 24 heavy (non-hydrogen) atoms. The Bertz CT molecular complexity index is 969. The minimum absolute atomic E-state index is 0.395. The van der Waals surface area contributed by atoms with E-state index in [0.29, 0.717) is 5.56 Å². The summed E-state index contributed by atoms with van der Waals surface area (Å²) in [7, 11) is 0. The molecule has 0 unspecified atom stereocenters. The van der Waals surface area contributed by atoms with Gasteiger partial charge < -0.3 is 15.0 Å². The molecule has 2 heterocycles. The van der Waals surface area contributed by atoms with Gasteiger partial charge >= 0.3 is 5.97 Å². The Morgan fingerprint density at radius 2 is 1.96 bits per heavy atom. The van der Waals surface area contributed by atoms with Crippen molar-refractivity contribution in [3.8, 4) is 5.69 Å². The maximum absolute atomic E-state index is 11.8. The maximum atomic E-state index is 11.8. The highest BCUT2D eigenvalue weighted by molar-refractivity contribution is 6.05. The lowest BCUT2D eigenvalue weighted by Gasteiger charge is -2.24. The molecule has 0 bridgehead atoms. The summed E-state index contributed by atoms with van der Waals surface area (Å²) < 4.78 is 2.12. The normalized spacial score (nSPS) is 13.6. The first kappa shape index (κ1) is 14.8. The molecule has 0 radical (unpaired) electrons. The number of aryl methyl sites for hydroxylation is 1. The molecule has 2 aromatic carbocycles. The van der Waals surface area contributed by atoms with Crippen molar-refractivity contribution in [1.29, 1.82) is 0 Å². The van der Waals surface area contributed by atoms with Gasteiger partial charge in [-0.25, -0.2) is 4.79 Å². The number of rotatable bonds is 2. The van der Waals surface area contributed by atoms with E-state index < -0.39 is 5.97 Å². The first-order chi connectivity index (χ1) is 11.6. The van der Waals surface area contributed by atoms with Gasteiger partial charge in [0.05, 0.1) is 16.8 Å². The molecule has 1 aromatic heterocycles. The molecule has 0 saturated carbocycles. The number of nitrogens with one attached hydrogen (secondary N) is 1. The van der Waals surface area contributed by atoms with Gasteiger partial charge in [-0.3, -0.25) is 0 Å². The summed E-state index contributed by atoms with van der Waals surface area (Å²) in [6.07, 6.45) is 2.10. The standard InChI is InChI=1S/C20H20N2O2/c1-12-9-10-16-14(7-5-11-21-16)19(12)22-13(2)18(20(23)24)15-6-3-4-8-17(15)22/h3-4,6,8-10,21H,5,7,11H2,1-2H3,(H,23,24). The van der Waals surface area contributed by atoms with Gasteiger partial charge in [0, 0.05) is 23.3 Å². The Labute approximate surface area is 140 Å². The Morgan fingerprint density at radius 1 is 1.17 bits per heavy atom. The van der Waals surface area contributed by atoms with E-state index in [1.54, 1.807) is 0 Å². The predicted octanol–water partition coefficient (Wildman–Crippen LogP) is 4.30. The van der Waals surface area contributed by atoms with Crippen LogP contribution in [0.4, 0.5) is 5.69 Å². The summed E-state index contributed by atoms with van der Waals surface area (Å²) in [5, 5.41) is 14.0. The van der Waals surface area contributed by atoms with Gasteiger partial charge in [-0.2, -0.15) is 0 Å². The number of carboxylic acid groups (broad SMARTS) is 1. The summed E-state index contributed by atoms with van der Waals surface area (Å²) >= 11 is 0. The fraction of sp³-hybridized carbons (Fsp3) is 0.250. The Balaban J connectivity index is 2.12. The zero-order chi connectivity index (χ0) is 16.8. The van der Waals surface area contributed by atoms with Gasteiger partial charge in [0.15, 0.2) is 0 Å². The second-order valence-electron chi connectivity index (χ2n) is 6.41. The van der Waals surface area contributed by atoms with Crippen molar-refractivity contribution in [2.75, 3.05) is 11.9 Å². The number of aromatic nitrogens is 1. The van der Waals surface area contributed by atoms with Crippen LogP contribution in [0.25, 0.3) is 16.6 Å². The van der Waals surface area contributed by atoms with Gasteiger partial charge in [0.1, 0.15) is 0 Å². The summed E-state index contributed by atoms with van der Waals surface area (Å²) in [5.41, 5.74) is 6.86. The molecule has 1 aliphatic heterocycles. The average Bonchev–Trinajstić information content (AvgIpc) is 2.87. The molecule has 122 valence electrons. The van der Waals surface area contributed by atoms with Crippen LogP contribution in [0.2, 0.25) is 0 Å². The van der Waals surface area contributed by atoms with Crippen LogP contribution < -0.4 is 5.32 Å². The molecular weight excluding hydrogens is 300 g/mol. The number of fused-ring (bicyclic) bond motifs is 2. The highest BCUT2D eigenvalue weighted by Gasteiger charge is 2.24. The smallest absolute Gasteiger partial charge is 0.338 e. The molecular formula is C20H20N2O2. The summed E-state index contributed by atoms with van der Waals surface area (Å²) in [6.45, 7) is 4.98. The maximum Gasteiger partial charge on any atom is 0.338 e. The van der Waals surface area contributed by atoms with E-state index in [9.17, 15) is 9.90 Å². The molecule has 0 saturated heterocycles. The van der Waals surface area contributed by atoms with Gasteiger partial charge in [0.25, 0.3) is 0 Å². The van der Waals surface area contributed by atoms with E-state index >= 15 is 0 Å². The van der Waals surface area contributed by atoms with Crippen LogP contribution >= 0.6 is 0 Å². The van der Waals surface area contributed by atoms with Crippen molar-refractivity contribution in [3.63, 3.8) is 0 Å². The van der Waals surface area contributed by atoms with Crippen LogP contribution in [0.3, 0.4) is 0 Å². The molecule has 3 aromatic rings. The second kappa shape index (κ2) is 5.41. The lowest BCUT2D eigenvalue weighted by atomic mass is 9.98. The fourth-order valence-corrected chi connectivity index (χ4v) is 3.90. The number of hydrogen-bond acceptors (Lipinski definition) is 2. The Hall–Kier alpha value is -2.75. The number of aromatic carboxylic acids is 1.